The highest BCUT2D eigenvalue weighted by Crippen LogP contribution is 2.29. The predicted molar refractivity (Wildman–Crippen MR) is 96.4 cm³/mol. The van der Waals surface area contributed by atoms with Crippen molar-refractivity contribution in [1.29, 1.82) is 0 Å². The number of hydrogen-bond acceptors (Lipinski definition) is 2. The van der Waals surface area contributed by atoms with Crippen molar-refractivity contribution in [3.8, 4) is 5.75 Å². The van der Waals surface area contributed by atoms with Crippen molar-refractivity contribution in [2.45, 2.75) is 13.3 Å². The van der Waals surface area contributed by atoms with Gasteiger partial charge < -0.3 is 10.1 Å². The number of rotatable bonds is 6. The van der Waals surface area contributed by atoms with E-state index in [1.165, 1.54) is 6.08 Å². The summed E-state index contributed by atoms with van der Waals surface area (Å²) < 4.78 is 5.65. The van der Waals surface area contributed by atoms with Gasteiger partial charge in [-0.05, 0) is 30.7 Å². The van der Waals surface area contributed by atoms with E-state index < -0.39 is 0 Å². The summed E-state index contributed by atoms with van der Waals surface area (Å²) in [4.78, 5) is 12.0. The molecule has 0 aromatic heterocycles. The molecule has 2 aromatic rings. The van der Waals surface area contributed by atoms with Gasteiger partial charge in [-0.3, -0.25) is 4.79 Å². The highest BCUT2D eigenvalue weighted by atomic mass is 35.5. The van der Waals surface area contributed by atoms with Gasteiger partial charge in [0.2, 0.25) is 5.91 Å². The minimum atomic E-state index is -0.292. The van der Waals surface area contributed by atoms with E-state index in [2.05, 4.69) is 5.32 Å². The van der Waals surface area contributed by atoms with E-state index >= 15 is 0 Å². The Morgan fingerprint density at radius 3 is 2.74 bits per heavy atom. The van der Waals surface area contributed by atoms with Crippen LogP contribution in [-0.4, -0.2) is 12.5 Å². The molecule has 0 saturated heterocycles. The lowest BCUT2D eigenvalue weighted by atomic mass is 10.2. The van der Waals surface area contributed by atoms with Crippen LogP contribution in [0.15, 0.2) is 48.5 Å². The maximum Gasteiger partial charge on any atom is 0.248 e. The Kier molecular flexibility index (Phi) is 6.51. The van der Waals surface area contributed by atoms with Crippen LogP contribution in [0.2, 0.25) is 10.0 Å². The molecular weight excluding hydrogens is 333 g/mol. The molecule has 3 nitrogen and oxygen atoms in total. The Bertz CT molecular complexity index is 714. The maximum atomic E-state index is 12.0. The summed E-state index contributed by atoms with van der Waals surface area (Å²) in [6.45, 7) is 2.68. The van der Waals surface area contributed by atoms with Gasteiger partial charge in [0, 0.05) is 11.6 Å². The second kappa shape index (κ2) is 8.61. The molecule has 5 heteroatoms. The van der Waals surface area contributed by atoms with Gasteiger partial charge in [0.15, 0.2) is 0 Å². The molecule has 120 valence electrons. The first-order valence-electron chi connectivity index (χ1n) is 7.26. The number of halogens is 2. The summed E-state index contributed by atoms with van der Waals surface area (Å²) in [6.07, 6.45) is 4.07. The summed E-state index contributed by atoms with van der Waals surface area (Å²) in [5, 5.41) is 3.42. The molecule has 23 heavy (non-hydrogen) atoms. The molecule has 0 saturated carbocycles. The molecule has 0 heterocycles. The van der Waals surface area contributed by atoms with E-state index in [0.29, 0.717) is 22.3 Å². The lowest BCUT2D eigenvalue weighted by Gasteiger charge is -2.08. The predicted octanol–water partition coefficient (Wildman–Crippen LogP) is 5.43. The molecule has 2 rings (SSSR count). The molecule has 0 radical (unpaired) electrons. The first kappa shape index (κ1) is 17.4. The summed E-state index contributed by atoms with van der Waals surface area (Å²) in [5.41, 5.74) is 1.32. The summed E-state index contributed by atoms with van der Waals surface area (Å²) in [6, 6.07) is 12.6. The van der Waals surface area contributed by atoms with Gasteiger partial charge >= 0.3 is 0 Å². The quantitative estimate of drug-likeness (QED) is 0.705. The molecule has 2 aromatic carbocycles. The van der Waals surface area contributed by atoms with Crippen LogP contribution in [0.1, 0.15) is 18.9 Å². The zero-order chi connectivity index (χ0) is 16.7. The van der Waals surface area contributed by atoms with Crippen molar-refractivity contribution in [3.05, 3.63) is 64.1 Å². The Morgan fingerprint density at radius 1 is 1.17 bits per heavy atom. The fourth-order valence-electron chi connectivity index (χ4n) is 1.90. The van der Waals surface area contributed by atoms with E-state index in [1.54, 1.807) is 24.3 Å². The van der Waals surface area contributed by atoms with Gasteiger partial charge in [0.25, 0.3) is 0 Å². The van der Waals surface area contributed by atoms with Crippen molar-refractivity contribution in [2.75, 3.05) is 11.9 Å². The van der Waals surface area contributed by atoms with Crippen LogP contribution in [0, 0.1) is 0 Å². The number of carbonyl (C=O) groups is 1. The molecule has 0 aliphatic heterocycles. The first-order valence-corrected chi connectivity index (χ1v) is 8.02. The van der Waals surface area contributed by atoms with Crippen molar-refractivity contribution in [1.82, 2.24) is 0 Å². The van der Waals surface area contributed by atoms with Gasteiger partial charge in [-0.2, -0.15) is 0 Å². The molecule has 0 fully saturated rings. The van der Waals surface area contributed by atoms with Crippen LogP contribution in [0.3, 0.4) is 0 Å². The van der Waals surface area contributed by atoms with E-state index in [4.69, 9.17) is 27.9 Å². The number of para-hydroxylation sites is 1. The third kappa shape index (κ3) is 5.02. The summed E-state index contributed by atoms with van der Waals surface area (Å²) in [5.74, 6) is 0.457. The zero-order valence-corrected chi connectivity index (χ0v) is 14.2. The second-order valence-electron chi connectivity index (χ2n) is 4.81. The maximum absolute atomic E-state index is 12.0. The largest absolute Gasteiger partial charge is 0.493 e. The van der Waals surface area contributed by atoms with E-state index in [-0.39, 0.29) is 5.91 Å². The normalized spacial score (nSPS) is 10.7. The van der Waals surface area contributed by atoms with Crippen LogP contribution in [0.4, 0.5) is 5.69 Å². The molecule has 0 spiro atoms. The van der Waals surface area contributed by atoms with Crippen molar-refractivity contribution < 1.29 is 9.53 Å². The van der Waals surface area contributed by atoms with E-state index in [9.17, 15) is 4.79 Å². The fourth-order valence-corrected chi connectivity index (χ4v) is 2.25. The Balaban J connectivity index is 2.08. The highest BCUT2D eigenvalue weighted by molar-refractivity contribution is 6.44. The number of anilines is 1. The fraction of sp³-hybridized carbons (Fsp3) is 0.167. The van der Waals surface area contributed by atoms with E-state index in [0.717, 1.165) is 17.7 Å². The summed E-state index contributed by atoms with van der Waals surface area (Å²) >= 11 is 12.0. The molecule has 1 amide bonds. The minimum absolute atomic E-state index is 0.292. The average Bonchev–Trinajstić information content (AvgIpc) is 2.56. The standard InChI is InChI=1S/C18H17Cl2NO2/c1-2-12-23-16-9-4-3-6-13(16)10-11-17(22)21-15-8-5-7-14(19)18(15)20/h3-11H,2,12H2,1H3,(H,21,22)/b11-10+. The van der Waals surface area contributed by atoms with Crippen LogP contribution >= 0.6 is 23.2 Å². The second-order valence-corrected chi connectivity index (χ2v) is 5.60. The molecule has 0 atom stereocenters. The number of amides is 1. The Labute approximate surface area is 145 Å². The Hall–Kier alpha value is -1.97. The van der Waals surface area contributed by atoms with Crippen LogP contribution < -0.4 is 10.1 Å². The minimum Gasteiger partial charge on any atom is -0.493 e. The number of benzene rings is 2. The lowest BCUT2D eigenvalue weighted by Crippen LogP contribution is -2.08. The topological polar surface area (TPSA) is 38.3 Å². The monoisotopic (exact) mass is 349 g/mol. The lowest BCUT2D eigenvalue weighted by molar-refractivity contribution is -0.111. The zero-order valence-electron chi connectivity index (χ0n) is 12.7. The van der Waals surface area contributed by atoms with Crippen molar-refractivity contribution in [3.63, 3.8) is 0 Å². The van der Waals surface area contributed by atoms with Gasteiger partial charge in [-0.25, -0.2) is 0 Å². The van der Waals surface area contributed by atoms with Crippen LogP contribution in [0.25, 0.3) is 6.08 Å². The van der Waals surface area contributed by atoms with Crippen LogP contribution in [0.5, 0.6) is 5.75 Å². The number of hydrogen-bond donors (Lipinski definition) is 1. The van der Waals surface area contributed by atoms with Gasteiger partial charge in [0.1, 0.15) is 5.75 Å². The first-order chi connectivity index (χ1) is 11.1. The molecule has 0 aliphatic carbocycles. The molecular formula is C18H17Cl2NO2. The van der Waals surface area contributed by atoms with Crippen LogP contribution in [-0.2, 0) is 4.79 Å². The number of nitrogens with one attached hydrogen (secondary N) is 1. The number of ether oxygens (including phenoxy) is 1. The molecule has 0 aliphatic rings. The number of carbonyl (C=O) groups excluding carboxylic acids is 1. The highest BCUT2D eigenvalue weighted by Gasteiger charge is 2.06. The van der Waals surface area contributed by atoms with Gasteiger partial charge in [-0.15, -0.1) is 0 Å². The third-order valence-electron chi connectivity index (χ3n) is 3.00. The molecule has 0 bridgehead atoms. The molecule has 1 N–H and O–H groups in total. The van der Waals surface area contributed by atoms with Gasteiger partial charge in [-0.1, -0.05) is 54.4 Å². The Morgan fingerprint density at radius 2 is 1.96 bits per heavy atom. The third-order valence-corrected chi connectivity index (χ3v) is 3.82. The van der Waals surface area contributed by atoms with Gasteiger partial charge in [0.05, 0.1) is 22.3 Å². The SMILES string of the molecule is CCCOc1ccccc1/C=C/C(=O)Nc1cccc(Cl)c1Cl. The van der Waals surface area contributed by atoms with Crippen molar-refractivity contribution in [2.24, 2.45) is 0 Å². The molecule has 0 unspecified atom stereocenters. The van der Waals surface area contributed by atoms with E-state index in [1.807, 2.05) is 31.2 Å². The summed E-state index contributed by atoms with van der Waals surface area (Å²) in [7, 11) is 0. The van der Waals surface area contributed by atoms with Crippen molar-refractivity contribution >= 4 is 40.9 Å². The smallest absolute Gasteiger partial charge is 0.248 e. The average molecular weight is 350 g/mol.